The Labute approximate surface area is 126 Å². The van der Waals surface area contributed by atoms with Crippen molar-refractivity contribution in [3.05, 3.63) is 58.4 Å². The minimum Gasteiger partial charge on any atom is -0.486 e. The summed E-state index contributed by atoms with van der Waals surface area (Å²) >= 11 is 5.93. The van der Waals surface area contributed by atoms with Crippen molar-refractivity contribution >= 4 is 11.6 Å². The van der Waals surface area contributed by atoms with Crippen LogP contribution in [0.1, 0.15) is 17.2 Å². The second-order valence-corrected chi connectivity index (χ2v) is 5.18. The van der Waals surface area contributed by atoms with Gasteiger partial charge in [-0.05, 0) is 17.7 Å². The van der Waals surface area contributed by atoms with E-state index in [-0.39, 0.29) is 11.4 Å². The number of para-hydroxylation sites is 1. The van der Waals surface area contributed by atoms with Crippen LogP contribution < -0.4 is 9.47 Å². The molecule has 2 aromatic rings. The minimum atomic E-state index is -0.846. The van der Waals surface area contributed by atoms with Gasteiger partial charge < -0.3 is 14.6 Å². The van der Waals surface area contributed by atoms with Gasteiger partial charge in [0.25, 0.3) is 0 Å². The Morgan fingerprint density at radius 1 is 1.14 bits per heavy atom. The van der Waals surface area contributed by atoms with Gasteiger partial charge in [0, 0.05) is 12.0 Å². The lowest BCUT2D eigenvalue weighted by Crippen LogP contribution is -2.17. The smallest absolute Gasteiger partial charge is 0.167 e. The normalized spacial score (nSPS) is 14.8. The maximum absolute atomic E-state index is 13.4. The zero-order chi connectivity index (χ0) is 14.8. The minimum absolute atomic E-state index is 0.0403. The van der Waals surface area contributed by atoms with Crippen molar-refractivity contribution in [2.24, 2.45) is 0 Å². The van der Waals surface area contributed by atoms with Crippen LogP contribution in [0.5, 0.6) is 11.5 Å². The standard InChI is InChI=1S/C16H14ClFO3/c17-15-10(3-1-5-12(15)18)9-13(19)11-4-2-6-14-16(11)21-8-7-20-14/h1-6,13,19H,7-9H2. The van der Waals surface area contributed by atoms with Gasteiger partial charge in [-0.2, -0.15) is 0 Å². The zero-order valence-corrected chi connectivity index (χ0v) is 11.9. The number of benzene rings is 2. The Hall–Kier alpha value is -1.78. The van der Waals surface area contributed by atoms with Crippen LogP contribution >= 0.6 is 11.6 Å². The number of fused-ring (bicyclic) bond motifs is 1. The van der Waals surface area contributed by atoms with Crippen LogP contribution in [0.4, 0.5) is 4.39 Å². The lowest BCUT2D eigenvalue weighted by molar-refractivity contribution is 0.146. The number of aliphatic hydroxyl groups excluding tert-OH is 1. The van der Waals surface area contributed by atoms with Crippen molar-refractivity contribution in [1.82, 2.24) is 0 Å². The lowest BCUT2D eigenvalue weighted by Gasteiger charge is -2.23. The molecule has 21 heavy (non-hydrogen) atoms. The molecule has 0 aliphatic carbocycles. The van der Waals surface area contributed by atoms with Gasteiger partial charge in [-0.15, -0.1) is 0 Å². The van der Waals surface area contributed by atoms with Crippen molar-refractivity contribution in [2.75, 3.05) is 13.2 Å². The molecule has 1 N–H and O–H groups in total. The Morgan fingerprint density at radius 2 is 1.90 bits per heavy atom. The van der Waals surface area contributed by atoms with Crippen molar-refractivity contribution in [1.29, 1.82) is 0 Å². The molecule has 0 saturated heterocycles. The Bertz CT molecular complexity index is 660. The molecular formula is C16H14ClFO3. The Morgan fingerprint density at radius 3 is 2.76 bits per heavy atom. The third kappa shape index (κ3) is 2.82. The number of halogens is 2. The summed E-state index contributed by atoms with van der Waals surface area (Å²) < 4.78 is 24.5. The molecule has 3 rings (SSSR count). The van der Waals surface area contributed by atoms with Gasteiger partial charge in [-0.25, -0.2) is 4.39 Å². The van der Waals surface area contributed by atoms with Crippen molar-refractivity contribution < 1.29 is 19.0 Å². The topological polar surface area (TPSA) is 38.7 Å². The van der Waals surface area contributed by atoms with E-state index in [9.17, 15) is 9.50 Å². The SMILES string of the molecule is OC(Cc1cccc(F)c1Cl)c1cccc2c1OCCO2. The molecule has 0 saturated carbocycles. The molecule has 2 aromatic carbocycles. The molecule has 0 bridgehead atoms. The molecule has 110 valence electrons. The van der Waals surface area contributed by atoms with Crippen LogP contribution in [0.15, 0.2) is 36.4 Å². The predicted octanol–water partition coefficient (Wildman–Crippen LogP) is 3.53. The first-order valence-corrected chi connectivity index (χ1v) is 7.04. The van der Waals surface area contributed by atoms with Crippen LogP contribution in [0.3, 0.4) is 0 Å². The number of hydrogen-bond donors (Lipinski definition) is 1. The second-order valence-electron chi connectivity index (χ2n) is 4.80. The molecule has 1 aliphatic rings. The summed E-state index contributed by atoms with van der Waals surface area (Å²) in [6.07, 6.45) is -0.642. The van der Waals surface area contributed by atoms with Crippen molar-refractivity contribution in [3.8, 4) is 11.5 Å². The van der Waals surface area contributed by atoms with Crippen LogP contribution in [0.2, 0.25) is 5.02 Å². The summed E-state index contributed by atoms with van der Waals surface area (Å²) in [5.74, 6) is 0.669. The number of ether oxygens (including phenoxy) is 2. The average molecular weight is 309 g/mol. The van der Waals surface area contributed by atoms with E-state index in [1.165, 1.54) is 6.07 Å². The number of hydrogen-bond acceptors (Lipinski definition) is 3. The van der Waals surface area contributed by atoms with E-state index in [1.54, 1.807) is 30.3 Å². The monoisotopic (exact) mass is 308 g/mol. The van der Waals surface area contributed by atoms with Crippen LogP contribution in [-0.2, 0) is 6.42 Å². The highest BCUT2D eigenvalue weighted by atomic mass is 35.5. The highest BCUT2D eigenvalue weighted by Gasteiger charge is 2.21. The highest BCUT2D eigenvalue weighted by Crippen LogP contribution is 2.38. The first kappa shape index (κ1) is 14.2. The van der Waals surface area contributed by atoms with E-state index in [0.717, 1.165) is 0 Å². The molecule has 1 heterocycles. The van der Waals surface area contributed by atoms with Gasteiger partial charge in [0.15, 0.2) is 11.5 Å². The van der Waals surface area contributed by atoms with Crippen LogP contribution in [0, 0.1) is 5.82 Å². The molecule has 0 spiro atoms. The maximum atomic E-state index is 13.4. The zero-order valence-electron chi connectivity index (χ0n) is 11.2. The summed E-state index contributed by atoms with van der Waals surface area (Å²) in [6, 6.07) is 9.91. The molecule has 0 radical (unpaired) electrons. The van der Waals surface area contributed by atoms with Gasteiger partial charge in [0.2, 0.25) is 0 Å². The molecule has 1 atom stereocenters. The summed E-state index contributed by atoms with van der Waals surface area (Å²) in [5, 5.41) is 10.5. The molecule has 5 heteroatoms. The van der Waals surface area contributed by atoms with E-state index in [4.69, 9.17) is 21.1 Å². The van der Waals surface area contributed by atoms with E-state index in [2.05, 4.69) is 0 Å². The molecule has 0 fully saturated rings. The summed E-state index contributed by atoms with van der Waals surface area (Å²) in [7, 11) is 0. The predicted molar refractivity (Wildman–Crippen MR) is 77.5 cm³/mol. The first-order valence-electron chi connectivity index (χ1n) is 6.66. The third-order valence-corrected chi connectivity index (χ3v) is 3.82. The maximum Gasteiger partial charge on any atom is 0.167 e. The van der Waals surface area contributed by atoms with E-state index >= 15 is 0 Å². The number of aliphatic hydroxyl groups is 1. The molecule has 1 aliphatic heterocycles. The summed E-state index contributed by atoms with van der Waals surface area (Å²) in [4.78, 5) is 0. The van der Waals surface area contributed by atoms with Crippen LogP contribution in [-0.4, -0.2) is 18.3 Å². The Balaban J connectivity index is 1.89. The molecule has 0 aromatic heterocycles. The van der Waals surface area contributed by atoms with Gasteiger partial charge in [0.1, 0.15) is 19.0 Å². The molecule has 3 nitrogen and oxygen atoms in total. The van der Waals surface area contributed by atoms with Gasteiger partial charge >= 0.3 is 0 Å². The third-order valence-electron chi connectivity index (χ3n) is 3.40. The van der Waals surface area contributed by atoms with E-state index < -0.39 is 11.9 Å². The highest BCUT2D eigenvalue weighted by molar-refractivity contribution is 6.31. The molecular weight excluding hydrogens is 295 g/mol. The molecule has 1 unspecified atom stereocenters. The van der Waals surface area contributed by atoms with Gasteiger partial charge in [-0.1, -0.05) is 35.9 Å². The first-order chi connectivity index (χ1) is 10.2. The lowest BCUT2D eigenvalue weighted by atomic mass is 10.00. The fraction of sp³-hybridized carbons (Fsp3) is 0.250. The fourth-order valence-corrected chi connectivity index (χ4v) is 2.59. The van der Waals surface area contributed by atoms with Gasteiger partial charge in [0.05, 0.1) is 11.1 Å². The van der Waals surface area contributed by atoms with Crippen molar-refractivity contribution in [3.63, 3.8) is 0 Å². The van der Waals surface area contributed by atoms with Crippen molar-refractivity contribution in [2.45, 2.75) is 12.5 Å². The molecule has 0 amide bonds. The largest absolute Gasteiger partial charge is 0.486 e. The van der Waals surface area contributed by atoms with E-state index in [1.807, 2.05) is 0 Å². The van der Waals surface area contributed by atoms with Crippen LogP contribution in [0.25, 0.3) is 0 Å². The van der Waals surface area contributed by atoms with E-state index in [0.29, 0.717) is 35.8 Å². The number of rotatable bonds is 3. The second kappa shape index (κ2) is 5.92. The Kier molecular flexibility index (Phi) is 3.99. The fourth-order valence-electron chi connectivity index (χ4n) is 2.38. The van der Waals surface area contributed by atoms with Gasteiger partial charge in [-0.3, -0.25) is 0 Å². The quantitative estimate of drug-likeness (QED) is 0.943. The summed E-state index contributed by atoms with van der Waals surface area (Å²) in [6.45, 7) is 0.930. The average Bonchev–Trinajstić information content (AvgIpc) is 2.51. The summed E-state index contributed by atoms with van der Waals surface area (Å²) in [5.41, 5.74) is 1.17.